The fourth-order valence-electron chi connectivity index (χ4n) is 4.63. The van der Waals surface area contributed by atoms with Crippen LogP contribution < -0.4 is 15.8 Å². The van der Waals surface area contributed by atoms with Crippen LogP contribution in [0.25, 0.3) is 33.4 Å². The molecule has 37 heavy (non-hydrogen) atoms. The average Bonchev–Trinajstić information content (AvgIpc) is 2.89. The van der Waals surface area contributed by atoms with Crippen LogP contribution in [0.1, 0.15) is 12.8 Å². The number of carbonyl (C=O) groups excluding carboxylic acids is 1. The molecule has 3 N–H and O–H groups in total. The number of halogens is 2. The SMILES string of the molecule is COc1cc(-c2cc(F)cc(F)c2)cc2c(NC3CCN(CC(N)=O)CC3)nc(-c3cccnc3)nc12. The first-order valence-corrected chi connectivity index (χ1v) is 11.9. The summed E-state index contributed by atoms with van der Waals surface area (Å²) in [5.74, 6) is -0.185. The lowest BCUT2D eigenvalue weighted by atomic mass is 10.0. The van der Waals surface area contributed by atoms with Gasteiger partial charge in [-0.2, -0.15) is 0 Å². The summed E-state index contributed by atoms with van der Waals surface area (Å²) < 4.78 is 33.7. The molecule has 8 nitrogen and oxygen atoms in total. The van der Waals surface area contributed by atoms with Crippen molar-refractivity contribution in [2.75, 3.05) is 32.1 Å². The number of aromatic nitrogens is 3. The maximum absolute atomic E-state index is 14.0. The van der Waals surface area contributed by atoms with Gasteiger partial charge in [-0.1, -0.05) is 0 Å². The molecule has 1 aliphatic heterocycles. The standard InChI is InChI=1S/C27H26F2N6O2/c1-37-23-12-18(17-9-19(28)13-20(29)10-17)11-22-25(23)33-26(16-3-2-6-31-14-16)34-27(22)32-21-4-7-35(8-5-21)15-24(30)36/h2-3,6,9-14,21H,4-5,7-8,15H2,1H3,(H2,30,36)(H,32,33,34). The third-order valence-electron chi connectivity index (χ3n) is 6.41. The monoisotopic (exact) mass is 504 g/mol. The van der Waals surface area contributed by atoms with E-state index in [1.807, 2.05) is 23.1 Å². The second-order valence-corrected chi connectivity index (χ2v) is 9.03. The fraction of sp³-hybridized carbons (Fsp3) is 0.259. The number of methoxy groups -OCH3 is 1. The maximum atomic E-state index is 14.0. The van der Waals surface area contributed by atoms with Crippen molar-refractivity contribution >= 4 is 22.6 Å². The Labute approximate surface area is 212 Å². The molecule has 3 heterocycles. The average molecular weight is 505 g/mol. The topological polar surface area (TPSA) is 106 Å². The van der Waals surface area contributed by atoms with Gasteiger partial charge in [-0.15, -0.1) is 0 Å². The largest absolute Gasteiger partial charge is 0.494 e. The van der Waals surface area contributed by atoms with Crippen LogP contribution in [0.15, 0.2) is 54.9 Å². The highest BCUT2D eigenvalue weighted by molar-refractivity contribution is 5.98. The van der Waals surface area contributed by atoms with Crippen molar-refractivity contribution in [2.45, 2.75) is 18.9 Å². The molecule has 0 atom stereocenters. The van der Waals surface area contributed by atoms with Gasteiger partial charge >= 0.3 is 0 Å². The number of amides is 1. The molecule has 1 fully saturated rings. The quantitative estimate of drug-likeness (QED) is 0.392. The molecule has 2 aromatic heterocycles. The van der Waals surface area contributed by atoms with Crippen LogP contribution in [0.4, 0.5) is 14.6 Å². The van der Waals surface area contributed by atoms with E-state index < -0.39 is 11.6 Å². The molecule has 0 radical (unpaired) electrons. The summed E-state index contributed by atoms with van der Waals surface area (Å²) in [7, 11) is 1.53. The van der Waals surface area contributed by atoms with Crippen molar-refractivity contribution in [1.29, 1.82) is 0 Å². The van der Waals surface area contributed by atoms with Gasteiger partial charge in [-0.05, 0) is 60.4 Å². The Hall–Kier alpha value is -4.18. The second kappa shape index (κ2) is 10.4. The third kappa shape index (κ3) is 5.49. The van der Waals surface area contributed by atoms with Crippen molar-refractivity contribution in [1.82, 2.24) is 19.9 Å². The number of fused-ring (bicyclic) bond motifs is 1. The molecular weight excluding hydrogens is 478 g/mol. The number of anilines is 1. The van der Waals surface area contributed by atoms with Crippen LogP contribution in [0.3, 0.4) is 0 Å². The summed E-state index contributed by atoms with van der Waals surface area (Å²) >= 11 is 0. The lowest BCUT2D eigenvalue weighted by molar-refractivity contribution is -0.119. The van der Waals surface area contributed by atoms with Gasteiger partial charge < -0.3 is 15.8 Å². The first-order chi connectivity index (χ1) is 17.9. The number of nitrogens with zero attached hydrogens (tertiary/aromatic N) is 4. The molecule has 0 aliphatic carbocycles. The van der Waals surface area contributed by atoms with E-state index in [4.69, 9.17) is 20.4 Å². The van der Waals surface area contributed by atoms with E-state index in [-0.39, 0.29) is 18.5 Å². The van der Waals surface area contributed by atoms with Crippen LogP contribution in [-0.2, 0) is 4.79 Å². The number of pyridine rings is 1. The van der Waals surface area contributed by atoms with Crippen molar-refractivity contribution in [2.24, 2.45) is 5.73 Å². The molecule has 10 heteroatoms. The zero-order valence-corrected chi connectivity index (χ0v) is 20.2. The Morgan fingerprint density at radius 1 is 1.08 bits per heavy atom. The summed E-state index contributed by atoms with van der Waals surface area (Å²) in [6.07, 6.45) is 4.93. The number of likely N-dealkylation sites (tertiary alicyclic amines) is 1. The Morgan fingerprint density at radius 3 is 2.46 bits per heavy atom. The van der Waals surface area contributed by atoms with Gasteiger partial charge in [0, 0.05) is 48.5 Å². The minimum atomic E-state index is -0.668. The van der Waals surface area contributed by atoms with Crippen LogP contribution in [0.5, 0.6) is 5.75 Å². The van der Waals surface area contributed by atoms with Gasteiger partial charge in [0.1, 0.15) is 28.7 Å². The molecule has 1 saturated heterocycles. The van der Waals surface area contributed by atoms with Gasteiger partial charge in [0.05, 0.1) is 13.7 Å². The van der Waals surface area contributed by atoms with Crippen LogP contribution >= 0.6 is 0 Å². The van der Waals surface area contributed by atoms with Crippen molar-refractivity contribution in [3.05, 3.63) is 66.5 Å². The molecule has 5 rings (SSSR count). The molecular formula is C27H26F2N6O2. The molecule has 1 aliphatic rings. The lowest BCUT2D eigenvalue weighted by Crippen LogP contribution is -2.43. The highest BCUT2D eigenvalue weighted by atomic mass is 19.1. The number of benzene rings is 2. The van der Waals surface area contributed by atoms with Crippen LogP contribution in [0, 0.1) is 11.6 Å². The van der Waals surface area contributed by atoms with E-state index in [1.165, 1.54) is 19.2 Å². The summed E-state index contributed by atoms with van der Waals surface area (Å²) in [6.45, 7) is 1.67. The maximum Gasteiger partial charge on any atom is 0.231 e. The minimum absolute atomic E-state index is 0.0882. The number of piperidine rings is 1. The fourth-order valence-corrected chi connectivity index (χ4v) is 4.63. The summed E-state index contributed by atoms with van der Waals surface area (Å²) in [5.41, 5.74) is 7.59. The molecule has 0 unspecified atom stereocenters. The van der Waals surface area contributed by atoms with E-state index in [1.54, 1.807) is 18.5 Å². The molecule has 190 valence electrons. The number of hydrogen-bond acceptors (Lipinski definition) is 7. The molecule has 4 aromatic rings. The van der Waals surface area contributed by atoms with Crippen molar-refractivity contribution < 1.29 is 18.3 Å². The number of nitrogens with two attached hydrogens (primary N) is 1. The molecule has 1 amide bonds. The number of nitrogens with one attached hydrogen (secondary N) is 1. The number of hydrogen-bond donors (Lipinski definition) is 2. The molecule has 0 bridgehead atoms. The smallest absolute Gasteiger partial charge is 0.231 e. The van der Waals surface area contributed by atoms with Crippen LogP contribution in [0.2, 0.25) is 0 Å². The summed E-state index contributed by atoms with van der Waals surface area (Å²) in [6, 6.07) is 10.7. The first kappa shape index (κ1) is 24.5. The normalized spacial score (nSPS) is 14.6. The Kier molecular flexibility index (Phi) is 6.91. The molecule has 0 spiro atoms. The number of primary amides is 1. The zero-order valence-electron chi connectivity index (χ0n) is 20.2. The van der Waals surface area contributed by atoms with E-state index in [0.717, 1.165) is 37.6 Å². The Balaban J connectivity index is 1.60. The van der Waals surface area contributed by atoms with Crippen LogP contribution in [-0.4, -0.2) is 58.5 Å². The third-order valence-corrected chi connectivity index (χ3v) is 6.41. The number of ether oxygens (including phenoxy) is 1. The molecule has 0 saturated carbocycles. The first-order valence-electron chi connectivity index (χ1n) is 11.9. The lowest BCUT2D eigenvalue weighted by Gasteiger charge is -2.32. The summed E-state index contributed by atoms with van der Waals surface area (Å²) in [5, 5.41) is 4.20. The van der Waals surface area contributed by atoms with Gasteiger partial charge in [0.15, 0.2) is 5.82 Å². The predicted octanol–water partition coefficient (Wildman–Crippen LogP) is 4.01. The van der Waals surface area contributed by atoms with E-state index >= 15 is 0 Å². The zero-order chi connectivity index (χ0) is 25.9. The highest BCUT2D eigenvalue weighted by Crippen LogP contribution is 2.37. The minimum Gasteiger partial charge on any atom is -0.494 e. The van der Waals surface area contributed by atoms with Gasteiger partial charge in [0.2, 0.25) is 5.91 Å². The van der Waals surface area contributed by atoms with Gasteiger partial charge in [-0.25, -0.2) is 18.7 Å². The van der Waals surface area contributed by atoms with Crippen molar-refractivity contribution in [3.63, 3.8) is 0 Å². The van der Waals surface area contributed by atoms with Gasteiger partial charge in [0.25, 0.3) is 0 Å². The van der Waals surface area contributed by atoms with Crippen molar-refractivity contribution in [3.8, 4) is 28.3 Å². The number of rotatable bonds is 7. The number of carbonyl (C=O) groups is 1. The van der Waals surface area contributed by atoms with Gasteiger partial charge in [-0.3, -0.25) is 14.7 Å². The Morgan fingerprint density at radius 2 is 1.81 bits per heavy atom. The molecule has 2 aromatic carbocycles. The van der Waals surface area contributed by atoms with E-state index in [2.05, 4.69) is 10.3 Å². The second-order valence-electron chi connectivity index (χ2n) is 9.03. The van der Waals surface area contributed by atoms with E-state index in [0.29, 0.717) is 39.4 Å². The predicted molar refractivity (Wildman–Crippen MR) is 137 cm³/mol. The van der Waals surface area contributed by atoms with E-state index in [9.17, 15) is 13.6 Å². The Bertz CT molecular complexity index is 1420. The highest BCUT2D eigenvalue weighted by Gasteiger charge is 2.23. The summed E-state index contributed by atoms with van der Waals surface area (Å²) in [4.78, 5) is 27.1.